The summed E-state index contributed by atoms with van der Waals surface area (Å²) in [5.74, 6) is -0.0519. The molecule has 3 aromatic rings. The summed E-state index contributed by atoms with van der Waals surface area (Å²) >= 11 is 0. The summed E-state index contributed by atoms with van der Waals surface area (Å²) < 4.78 is 1.66. The Morgan fingerprint density at radius 2 is 2.00 bits per heavy atom. The van der Waals surface area contributed by atoms with Crippen molar-refractivity contribution in [2.45, 2.75) is 19.9 Å². The van der Waals surface area contributed by atoms with Gasteiger partial charge in [0.2, 0.25) is 0 Å². The molecule has 2 aromatic heterocycles. The largest absolute Gasteiger partial charge is 0.333 e. The van der Waals surface area contributed by atoms with Crippen molar-refractivity contribution in [3.63, 3.8) is 0 Å². The predicted octanol–water partition coefficient (Wildman–Crippen LogP) is 2.95. The molecule has 24 heavy (non-hydrogen) atoms. The van der Waals surface area contributed by atoms with Crippen molar-refractivity contribution in [2.24, 2.45) is 7.05 Å². The number of hydrogen-bond acceptors (Lipinski definition) is 3. The van der Waals surface area contributed by atoms with Gasteiger partial charge in [0, 0.05) is 25.9 Å². The first-order chi connectivity index (χ1) is 11.5. The molecule has 0 radical (unpaired) electrons. The van der Waals surface area contributed by atoms with Crippen molar-refractivity contribution in [2.75, 3.05) is 7.05 Å². The van der Waals surface area contributed by atoms with Crippen LogP contribution in [0.15, 0.2) is 42.6 Å². The number of aromatic nitrogens is 4. The third-order valence-electron chi connectivity index (χ3n) is 4.26. The van der Waals surface area contributed by atoms with E-state index in [2.05, 4.69) is 15.3 Å². The van der Waals surface area contributed by atoms with Gasteiger partial charge < -0.3 is 4.90 Å². The summed E-state index contributed by atoms with van der Waals surface area (Å²) in [4.78, 5) is 14.4. The van der Waals surface area contributed by atoms with Crippen LogP contribution in [0.25, 0.3) is 11.3 Å². The van der Waals surface area contributed by atoms with E-state index in [0.29, 0.717) is 5.56 Å². The summed E-state index contributed by atoms with van der Waals surface area (Å²) in [7, 11) is 3.61. The van der Waals surface area contributed by atoms with Crippen LogP contribution in [0.4, 0.5) is 0 Å². The molecule has 1 aromatic carbocycles. The Morgan fingerprint density at radius 3 is 2.62 bits per heavy atom. The molecular formula is C18H21N5O. The van der Waals surface area contributed by atoms with Crippen LogP contribution in [0.1, 0.15) is 34.7 Å². The summed E-state index contributed by atoms with van der Waals surface area (Å²) in [6.07, 6.45) is 1.75. The van der Waals surface area contributed by atoms with Gasteiger partial charge in [0.1, 0.15) is 0 Å². The van der Waals surface area contributed by atoms with Crippen LogP contribution in [-0.2, 0) is 7.05 Å². The summed E-state index contributed by atoms with van der Waals surface area (Å²) in [5, 5.41) is 11.6. The van der Waals surface area contributed by atoms with E-state index >= 15 is 0 Å². The first-order valence-electron chi connectivity index (χ1n) is 7.85. The second-order valence-corrected chi connectivity index (χ2v) is 5.97. The third-order valence-corrected chi connectivity index (χ3v) is 4.26. The van der Waals surface area contributed by atoms with Crippen LogP contribution < -0.4 is 0 Å². The highest BCUT2D eigenvalue weighted by atomic mass is 16.2. The van der Waals surface area contributed by atoms with Crippen LogP contribution in [0.5, 0.6) is 0 Å². The molecule has 1 amide bonds. The van der Waals surface area contributed by atoms with Crippen LogP contribution in [-0.4, -0.2) is 37.8 Å². The normalized spacial score (nSPS) is 12.2. The molecule has 3 rings (SSSR count). The monoisotopic (exact) mass is 323 g/mol. The van der Waals surface area contributed by atoms with Crippen LogP contribution in [0, 0.1) is 6.92 Å². The molecule has 0 aliphatic carbocycles. The van der Waals surface area contributed by atoms with Crippen LogP contribution in [0.3, 0.4) is 0 Å². The van der Waals surface area contributed by atoms with E-state index < -0.39 is 0 Å². The number of rotatable bonds is 4. The van der Waals surface area contributed by atoms with E-state index in [1.165, 1.54) is 0 Å². The van der Waals surface area contributed by atoms with E-state index in [-0.39, 0.29) is 11.9 Å². The fraction of sp³-hybridized carbons (Fsp3) is 0.278. The number of carbonyl (C=O) groups excluding carboxylic acids is 1. The lowest BCUT2D eigenvalue weighted by Crippen LogP contribution is -2.30. The first kappa shape index (κ1) is 16.0. The number of aryl methyl sites for hydroxylation is 2. The summed E-state index contributed by atoms with van der Waals surface area (Å²) in [6.45, 7) is 3.82. The maximum atomic E-state index is 12.7. The Hall–Kier alpha value is -2.89. The minimum atomic E-state index is -0.123. The highest BCUT2D eigenvalue weighted by molar-refractivity contribution is 5.95. The van der Waals surface area contributed by atoms with Crippen LogP contribution >= 0.6 is 0 Å². The maximum Gasteiger partial charge on any atom is 0.257 e. The lowest BCUT2D eigenvalue weighted by Gasteiger charge is -2.23. The molecule has 0 unspecified atom stereocenters. The number of nitrogens with zero attached hydrogens (tertiary/aromatic N) is 4. The zero-order valence-corrected chi connectivity index (χ0v) is 14.3. The van der Waals surface area contributed by atoms with E-state index in [1.54, 1.807) is 22.8 Å². The molecule has 6 heteroatoms. The van der Waals surface area contributed by atoms with Crippen molar-refractivity contribution in [3.8, 4) is 11.3 Å². The molecule has 0 saturated carbocycles. The molecule has 0 aliphatic rings. The predicted molar refractivity (Wildman–Crippen MR) is 92.5 cm³/mol. The Labute approximate surface area is 141 Å². The zero-order valence-electron chi connectivity index (χ0n) is 14.3. The van der Waals surface area contributed by atoms with Gasteiger partial charge in [-0.1, -0.05) is 30.3 Å². The quantitative estimate of drug-likeness (QED) is 0.802. The van der Waals surface area contributed by atoms with Gasteiger partial charge in [0.05, 0.1) is 28.7 Å². The molecular weight excluding hydrogens is 302 g/mol. The van der Waals surface area contributed by atoms with E-state index in [4.69, 9.17) is 0 Å². The fourth-order valence-electron chi connectivity index (χ4n) is 2.69. The molecule has 0 aliphatic heterocycles. The van der Waals surface area contributed by atoms with Gasteiger partial charge in [-0.25, -0.2) is 0 Å². The van der Waals surface area contributed by atoms with Crippen molar-refractivity contribution < 1.29 is 4.79 Å². The molecule has 0 spiro atoms. The van der Waals surface area contributed by atoms with Crippen molar-refractivity contribution in [3.05, 3.63) is 59.5 Å². The molecule has 124 valence electrons. The maximum absolute atomic E-state index is 12.7. The van der Waals surface area contributed by atoms with E-state index in [0.717, 1.165) is 22.6 Å². The van der Waals surface area contributed by atoms with E-state index in [1.807, 2.05) is 57.3 Å². The summed E-state index contributed by atoms with van der Waals surface area (Å²) in [6, 6.07) is 11.8. The number of nitrogens with one attached hydrogen (secondary N) is 1. The van der Waals surface area contributed by atoms with Gasteiger partial charge >= 0.3 is 0 Å². The van der Waals surface area contributed by atoms with Crippen LogP contribution in [0.2, 0.25) is 0 Å². The summed E-state index contributed by atoms with van der Waals surface area (Å²) in [5.41, 5.74) is 4.16. The minimum Gasteiger partial charge on any atom is -0.333 e. The molecule has 0 saturated heterocycles. The topological polar surface area (TPSA) is 66.8 Å². The highest BCUT2D eigenvalue weighted by Crippen LogP contribution is 2.24. The lowest BCUT2D eigenvalue weighted by atomic mass is 10.1. The van der Waals surface area contributed by atoms with Crippen molar-refractivity contribution in [1.82, 2.24) is 24.9 Å². The second-order valence-electron chi connectivity index (χ2n) is 5.97. The Balaban J connectivity index is 1.81. The Morgan fingerprint density at radius 1 is 1.29 bits per heavy atom. The van der Waals surface area contributed by atoms with Gasteiger partial charge in [0.25, 0.3) is 5.91 Å². The average molecular weight is 323 g/mol. The minimum absolute atomic E-state index is 0.0519. The molecule has 1 N–H and O–H groups in total. The van der Waals surface area contributed by atoms with Crippen molar-refractivity contribution >= 4 is 5.91 Å². The SMILES string of the molecule is Cc1nn(C)cc1C(=O)N(C)[C@@H](C)c1cc(-c2ccccc2)n[nH]1. The second kappa shape index (κ2) is 6.31. The van der Waals surface area contributed by atoms with Gasteiger partial charge in [-0.3, -0.25) is 14.6 Å². The van der Waals surface area contributed by atoms with E-state index in [9.17, 15) is 4.79 Å². The van der Waals surface area contributed by atoms with Crippen molar-refractivity contribution in [1.29, 1.82) is 0 Å². The molecule has 2 heterocycles. The molecule has 1 atom stereocenters. The smallest absolute Gasteiger partial charge is 0.257 e. The molecule has 0 bridgehead atoms. The first-order valence-corrected chi connectivity index (χ1v) is 7.85. The number of hydrogen-bond donors (Lipinski definition) is 1. The lowest BCUT2D eigenvalue weighted by molar-refractivity contribution is 0.0739. The number of amides is 1. The number of H-pyrrole nitrogens is 1. The number of aromatic amines is 1. The zero-order chi connectivity index (χ0) is 17.3. The number of benzene rings is 1. The fourth-order valence-corrected chi connectivity index (χ4v) is 2.69. The Kier molecular flexibility index (Phi) is 4.20. The third kappa shape index (κ3) is 2.95. The van der Waals surface area contributed by atoms with Gasteiger partial charge in [-0.15, -0.1) is 0 Å². The van der Waals surface area contributed by atoms with Gasteiger partial charge in [-0.05, 0) is 19.9 Å². The van der Waals surface area contributed by atoms with Gasteiger partial charge in [-0.2, -0.15) is 10.2 Å². The standard InChI is InChI=1S/C18H21N5O/c1-12-15(11-22(3)21-12)18(24)23(4)13(2)16-10-17(20-19-16)14-8-6-5-7-9-14/h5-11,13H,1-4H3,(H,19,20)/t13-/m0/s1. The number of carbonyl (C=O) groups is 1. The van der Waals surface area contributed by atoms with Gasteiger partial charge in [0.15, 0.2) is 0 Å². The Bertz CT molecular complexity index is 849. The average Bonchev–Trinajstić information content (AvgIpc) is 3.20. The molecule has 6 nitrogen and oxygen atoms in total. The highest BCUT2D eigenvalue weighted by Gasteiger charge is 2.23. The molecule has 0 fully saturated rings.